The Bertz CT molecular complexity index is 489. The van der Waals surface area contributed by atoms with Crippen molar-refractivity contribution in [3.05, 3.63) is 56.2 Å². The van der Waals surface area contributed by atoms with Crippen LogP contribution >= 0.6 is 27.3 Å². The van der Waals surface area contributed by atoms with Crippen LogP contribution < -0.4 is 5.32 Å². The van der Waals surface area contributed by atoms with Gasteiger partial charge in [0.2, 0.25) is 0 Å². The summed E-state index contributed by atoms with van der Waals surface area (Å²) in [5, 5.41) is 5.68. The molecule has 0 fully saturated rings. The molecule has 0 aliphatic carbocycles. The van der Waals surface area contributed by atoms with Crippen LogP contribution in [0.3, 0.4) is 0 Å². The highest BCUT2D eigenvalue weighted by Gasteiger charge is 2.07. The van der Waals surface area contributed by atoms with Crippen LogP contribution in [0.4, 0.5) is 0 Å². The van der Waals surface area contributed by atoms with Crippen LogP contribution in [0.1, 0.15) is 35.9 Å². The maximum absolute atomic E-state index is 3.56. The molecule has 0 saturated carbocycles. The normalized spacial score (nSPS) is 12.6. The molecule has 0 saturated heterocycles. The van der Waals surface area contributed by atoms with E-state index in [4.69, 9.17) is 0 Å². The van der Waals surface area contributed by atoms with Gasteiger partial charge in [0, 0.05) is 27.3 Å². The summed E-state index contributed by atoms with van der Waals surface area (Å²) in [6.07, 6.45) is 1.10. The van der Waals surface area contributed by atoms with Crippen LogP contribution in [0.2, 0.25) is 0 Å². The van der Waals surface area contributed by atoms with Gasteiger partial charge in [-0.3, -0.25) is 0 Å². The molecule has 1 atom stereocenters. The van der Waals surface area contributed by atoms with E-state index in [1.807, 2.05) is 0 Å². The average Bonchev–Trinajstić information content (AvgIpc) is 2.83. The first-order valence-corrected chi connectivity index (χ1v) is 7.91. The lowest BCUT2D eigenvalue weighted by atomic mass is 10.1. The molecule has 0 aliphatic heterocycles. The summed E-state index contributed by atoms with van der Waals surface area (Å²) in [5.41, 5.74) is 2.74. The Morgan fingerprint density at radius 2 is 1.89 bits per heavy atom. The van der Waals surface area contributed by atoms with Gasteiger partial charge in [-0.15, -0.1) is 11.3 Å². The number of rotatable bonds is 5. The first kappa shape index (κ1) is 13.8. The molecule has 0 spiro atoms. The summed E-state index contributed by atoms with van der Waals surface area (Å²) in [7, 11) is 0. The zero-order valence-electron chi connectivity index (χ0n) is 10.7. The average molecular weight is 324 g/mol. The molecule has 1 aromatic carbocycles. The van der Waals surface area contributed by atoms with Crippen molar-refractivity contribution in [2.45, 2.75) is 32.9 Å². The summed E-state index contributed by atoms with van der Waals surface area (Å²) in [6.45, 7) is 5.31. The Morgan fingerprint density at radius 3 is 2.44 bits per heavy atom. The molecule has 0 aliphatic rings. The number of hydrogen-bond donors (Lipinski definition) is 1. The standard InChI is InChI=1S/C15H18BrNS/c1-3-12-4-6-13(7-5-12)9-17-11(2)15-8-14(16)10-18-15/h4-8,10-11,17H,3,9H2,1-2H3. The summed E-state index contributed by atoms with van der Waals surface area (Å²) in [4.78, 5) is 1.37. The first-order chi connectivity index (χ1) is 8.69. The Hall–Kier alpha value is -0.640. The maximum atomic E-state index is 3.56. The Labute approximate surface area is 121 Å². The quantitative estimate of drug-likeness (QED) is 0.823. The predicted molar refractivity (Wildman–Crippen MR) is 83.1 cm³/mol. The van der Waals surface area contributed by atoms with Crippen molar-refractivity contribution in [1.82, 2.24) is 5.32 Å². The van der Waals surface area contributed by atoms with Gasteiger partial charge in [-0.1, -0.05) is 31.2 Å². The minimum Gasteiger partial charge on any atom is -0.305 e. The Balaban J connectivity index is 1.90. The monoisotopic (exact) mass is 323 g/mol. The number of aryl methyl sites for hydroxylation is 1. The van der Waals surface area contributed by atoms with Crippen molar-refractivity contribution in [3.63, 3.8) is 0 Å². The van der Waals surface area contributed by atoms with Crippen molar-refractivity contribution in [3.8, 4) is 0 Å². The van der Waals surface area contributed by atoms with Gasteiger partial charge < -0.3 is 5.32 Å². The van der Waals surface area contributed by atoms with Crippen LogP contribution in [0, 0.1) is 0 Å². The fourth-order valence-corrected chi connectivity index (χ4v) is 3.30. The summed E-state index contributed by atoms with van der Waals surface area (Å²) in [6, 6.07) is 11.4. The largest absolute Gasteiger partial charge is 0.305 e. The van der Waals surface area contributed by atoms with E-state index in [2.05, 4.69) is 70.8 Å². The summed E-state index contributed by atoms with van der Waals surface area (Å²) >= 11 is 5.28. The number of benzene rings is 1. The Morgan fingerprint density at radius 1 is 1.22 bits per heavy atom. The molecule has 0 bridgehead atoms. The highest BCUT2D eigenvalue weighted by atomic mass is 79.9. The molecule has 18 heavy (non-hydrogen) atoms. The smallest absolute Gasteiger partial charge is 0.0389 e. The molecule has 1 N–H and O–H groups in total. The molecule has 2 rings (SSSR count). The van der Waals surface area contributed by atoms with Crippen molar-refractivity contribution in [2.75, 3.05) is 0 Å². The third-order valence-electron chi connectivity index (χ3n) is 3.06. The lowest BCUT2D eigenvalue weighted by Gasteiger charge is -2.12. The van der Waals surface area contributed by atoms with Gasteiger partial charge in [-0.05, 0) is 46.5 Å². The van der Waals surface area contributed by atoms with E-state index in [0.717, 1.165) is 13.0 Å². The molecule has 1 nitrogen and oxygen atoms in total. The van der Waals surface area contributed by atoms with Crippen LogP contribution in [-0.4, -0.2) is 0 Å². The lowest BCUT2D eigenvalue weighted by Crippen LogP contribution is -2.17. The second kappa shape index (κ2) is 6.50. The van der Waals surface area contributed by atoms with Gasteiger partial charge in [0.15, 0.2) is 0 Å². The van der Waals surface area contributed by atoms with Gasteiger partial charge in [0.05, 0.1) is 0 Å². The van der Waals surface area contributed by atoms with E-state index >= 15 is 0 Å². The van der Waals surface area contributed by atoms with E-state index in [9.17, 15) is 0 Å². The van der Waals surface area contributed by atoms with E-state index in [-0.39, 0.29) is 0 Å². The fourth-order valence-electron chi connectivity index (χ4n) is 1.82. The third-order valence-corrected chi connectivity index (χ3v) is 4.93. The molecule has 1 aromatic heterocycles. The van der Waals surface area contributed by atoms with Crippen molar-refractivity contribution >= 4 is 27.3 Å². The topological polar surface area (TPSA) is 12.0 Å². The first-order valence-electron chi connectivity index (χ1n) is 6.24. The minimum atomic E-state index is 0.396. The number of thiophene rings is 1. The molecule has 96 valence electrons. The molecular weight excluding hydrogens is 306 g/mol. The second-order valence-corrected chi connectivity index (χ2v) is 6.30. The van der Waals surface area contributed by atoms with Crippen LogP contribution in [0.15, 0.2) is 40.2 Å². The summed E-state index contributed by atoms with van der Waals surface area (Å²) < 4.78 is 1.17. The van der Waals surface area contributed by atoms with Gasteiger partial charge in [0.1, 0.15) is 0 Å². The number of hydrogen-bond acceptors (Lipinski definition) is 2. The number of nitrogens with one attached hydrogen (secondary N) is 1. The Kier molecular flexibility index (Phi) is 4.98. The zero-order valence-corrected chi connectivity index (χ0v) is 13.1. The molecule has 1 unspecified atom stereocenters. The van der Waals surface area contributed by atoms with Crippen molar-refractivity contribution < 1.29 is 0 Å². The third kappa shape index (κ3) is 3.67. The fraction of sp³-hybridized carbons (Fsp3) is 0.333. The lowest BCUT2D eigenvalue weighted by molar-refractivity contribution is 0.583. The highest BCUT2D eigenvalue weighted by molar-refractivity contribution is 9.10. The molecular formula is C15H18BrNS. The van der Waals surface area contributed by atoms with Crippen LogP contribution in [0.5, 0.6) is 0 Å². The van der Waals surface area contributed by atoms with E-state index in [1.165, 1.54) is 20.5 Å². The molecule has 2 aromatic rings. The van der Waals surface area contributed by atoms with Crippen LogP contribution in [0.25, 0.3) is 0 Å². The van der Waals surface area contributed by atoms with Gasteiger partial charge in [0.25, 0.3) is 0 Å². The maximum Gasteiger partial charge on any atom is 0.0389 e. The van der Waals surface area contributed by atoms with Crippen molar-refractivity contribution in [2.24, 2.45) is 0 Å². The molecule has 0 radical (unpaired) electrons. The van der Waals surface area contributed by atoms with E-state index in [1.54, 1.807) is 11.3 Å². The molecule has 0 amide bonds. The van der Waals surface area contributed by atoms with Gasteiger partial charge >= 0.3 is 0 Å². The zero-order chi connectivity index (χ0) is 13.0. The number of halogens is 1. The van der Waals surface area contributed by atoms with Crippen LogP contribution in [-0.2, 0) is 13.0 Å². The summed E-state index contributed by atoms with van der Waals surface area (Å²) in [5.74, 6) is 0. The van der Waals surface area contributed by atoms with Gasteiger partial charge in [-0.25, -0.2) is 0 Å². The minimum absolute atomic E-state index is 0.396. The van der Waals surface area contributed by atoms with E-state index in [0.29, 0.717) is 6.04 Å². The highest BCUT2D eigenvalue weighted by Crippen LogP contribution is 2.25. The van der Waals surface area contributed by atoms with E-state index < -0.39 is 0 Å². The molecule has 3 heteroatoms. The molecule has 1 heterocycles. The predicted octanol–water partition coefficient (Wildman–Crippen LogP) is 4.92. The van der Waals surface area contributed by atoms with Crippen molar-refractivity contribution in [1.29, 1.82) is 0 Å². The van der Waals surface area contributed by atoms with Gasteiger partial charge in [-0.2, -0.15) is 0 Å². The SMILES string of the molecule is CCc1ccc(CNC(C)c2cc(Br)cs2)cc1. The second-order valence-electron chi connectivity index (χ2n) is 4.44.